The standard InChI is InChI=1S/C26H23N5O2S/c1-16-9-7-8-12-20(16)29-24(32)22-17(2)28-26-31(23(22)19-10-5-4-6-11-19)25(33)21(34-26)13-18-14-27-30(3)15-18/h4-15,23H,1-3H3,(H,29,32). The van der Waals surface area contributed by atoms with Gasteiger partial charge >= 0.3 is 0 Å². The first kappa shape index (κ1) is 21.8. The van der Waals surface area contributed by atoms with E-state index in [1.807, 2.05) is 87.8 Å². The van der Waals surface area contributed by atoms with E-state index in [1.54, 1.807) is 15.4 Å². The van der Waals surface area contributed by atoms with E-state index < -0.39 is 6.04 Å². The first-order chi connectivity index (χ1) is 16.4. The van der Waals surface area contributed by atoms with Crippen molar-refractivity contribution in [3.63, 3.8) is 0 Å². The molecule has 1 atom stereocenters. The molecular formula is C26H23N5O2S. The number of amides is 1. The van der Waals surface area contributed by atoms with Crippen LogP contribution in [0.5, 0.6) is 0 Å². The highest BCUT2D eigenvalue weighted by Gasteiger charge is 2.32. The lowest BCUT2D eigenvalue weighted by atomic mass is 9.95. The van der Waals surface area contributed by atoms with Crippen molar-refractivity contribution in [1.82, 2.24) is 14.3 Å². The van der Waals surface area contributed by atoms with E-state index in [4.69, 9.17) is 0 Å². The van der Waals surface area contributed by atoms with Crippen LogP contribution >= 0.6 is 11.3 Å². The third-order valence-electron chi connectivity index (χ3n) is 5.80. The molecule has 4 aromatic rings. The highest BCUT2D eigenvalue weighted by Crippen LogP contribution is 2.31. The minimum absolute atomic E-state index is 0.185. The molecule has 0 saturated heterocycles. The maximum atomic E-state index is 13.6. The molecule has 1 aliphatic heterocycles. The lowest BCUT2D eigenvalue weighted by molar-refractivity contribution is -0.113. The van der Waals surface area contributed by atoms with Crippen LogP contribution in [0.1, 0.15) is 29.7 Å². The van der Waals surface area contributed by atoms with Gasteiger partial charge in [0.25, 0.3) is 11.5 Å². The number of carbonyl (C=O) groups is 1. The Kier molecular flexibility index (Phi) is 5.59. The summed E-state index contributed by atoms with van der Waals surface area (Å²) in [4.78, 5) is 32.4. The molecule has 2 aromatic carbocycles. The fourth-order valence-electron chi connectivity index (χ4n) is 4.13. The van der Waals surface area contributed by atoms with Crippen molar-refractivity contribution in [1.29, 1.82) is 0 Å². The molecule has 1 amide bonds. The van der Waals surface area contributed by atoms with Gasteiger partial charge in [-0.3, -0.25) is 18.8 Å². The average molecular weight is 470 g/mol. The summed E-state index contributed by atoms with van der Waals surface area (Å²) in [6.45, 7) is 3.76. The minimum atomic E-state index is -0.586. The molecule has 170 valence electrons. The molecule has 1 unspecified atom stereocenters. The summed E-state index contributed by atoms with van der Waals surface area (Å²) < 4.78 is 3.86. The molecule has 8 heteroatoms. The minimum Gasteiger partial charge on any atom is -0.322 e. The predicted molar refractivity (Wildman–Crippen MR) is 133 cm³/mol. The van der Waals surface area contributed by atoms with Gasteiger partial charge in [0, 0.05) is 24.5 Å². The van der Waals surface area contributed by atoms with Gasteiger partial charge in [-0.25, -0.2) is 4.99 Å². The summed E-state index contributed by atoms with van der Waals surface area (Å²) in [7, 11) is 1.83. The molecule has 0 aliphatic carbocycles. The van der Waals surface area contributed by atoms with E-state index in [0.717, 1.165) is 22.4 Å². The Morgan fingerprint density at radius 3 is 2.53 bits per heavy atom. The molecular weight excluding hydrogens is 446 g/mol. The molecule has 0 spiro atoms. The van der Waals surface area contributed by atoms with Crippen LogP contribution in [0.15, 0.2) is 88.0 Å². The third-order valence-corrected chi connectivity index (χ3v) is 6.78. The van der Waals surface area contributed by atoms with Gasteiger partial charge in [-0.15, -0.1) is 0 Å². The van der Waals surface area contributed by atoms with E-state index in [0.29, 0.717) is 20.6 Å². The van der Waals surface area contributed by atoms with Crippen LogP contribution < -0.4 is 20.2 Å². The molecule has 0 saturated carbocycles. The molecule has 1 aliphatic rings. The zero-order valence-electron chi connectivity index (χ0n) is 19.0. The van der Waals surface area contributed by atoms with Crippen molar-refractivity contribution in [2.24, 2.45) is 12.0 Å². The first-order valence-corrected chi connectivity index (χ1v) is 11.7. The molecule has 7 nitrogen and oxygen atoms in total. The number of carbonyl (C=O) groups excluding carboxylic acids is 1. The Labute approximate surface area is 200 Å². The second-order valence-electron chi connectivity index (χ2n) is 8.21. The van der Waals surface area contributed by atoms with Gasteiger partial charge in [-0.2, -0.15) is 5.10 Å². The lowest BCUT2D eigenvalue weighted by Gasteiger charge is -2.25. The van der Waals surface area contributed by atoms with Crippen LogP contribution in [0.3, 0.4) is 0 Å². The number of aromatic nitrogens is 3. The quantitative estimate of drug-likeness (QED) is 0.499. The molecule has 3 heterocycles. The number of aryl methyl sites for hydroxylation is 2. The molecule has 0 bridgehead atoms. The summed E-state index contributed by atoms with van der Waals surface area (Å²) in [5.41, 5.74) is 4.23. The Balaban J connectivity index is 1.67. The van der Waals surface area contributed by atoms with Crippen LogP contribution in [0, 0.1) is 6.92 Å². The molecule has 1 N–H and O–H groups in total. The zero-order chi connectivity index (χ0) is 23.8. The monoisotopic (exact) mass is 469 g/mol. The van der Waals surface area contributed by atoms with Gasteiger partial charge in [0.05, 0.1) is 28.0 Å². The van der Waals surface area contributed by atoms with Crippen molar-refractivity contribution in [2.75, 3.05) is 5.32 Å². The SMILES string of the molecule is CC1=C(C(=O)Nc2ccccc2C)C(c2ccccc2)n2c(sc(=Cc3cnn(C)c3)c2=O)=N1. The maximum absolute atomic E-state index is 13.6. The number of anilines is 1. The number of fused-ring (bicyclic) bond motifs is 1. The van der Waals surface area contributed by atoms with Gasteiger partial charge in [-0.1, -0.05) is 59.9 Å². The molecule has 5 rings (SSSR count). The Morgan fingerprint density at radius 1 is 1.09 bits per heavy atom. The Morgan fingerprint density at radius 2 is 1.82 bits per heavy atom. The van der Waals surface area contributed by atoms with Crippen LogP contribution in [-0.4, -0.2) is 20.3 Å². The van der Waals surface area contributed by atoms with E-state index in [-0.39, 0.29) is 11.5 Å². The summed E-state index contributed by atoms with van der Waals surface area (Å²) in [6, 6.07) is 16.6. The van der Waals surface area contributed by atoms with Crippen LogP contribution in [-0.2, 0) is 11.8 Å². The van der Waals surface area contributed by atoms with Crippen LogP contribution in [0.25, 0.3) is 6.08 Å². The van der Waals surface area contributed by atoms with E-state index >= 15 is 0 Å². The second-order valence-corrected chi connectivity index (χ2v) is 9.22. The zero-order valence-corrected chi connectivity index (χ0v) is 19.8. The topological polar surface area (TPSA) is 81.3 Å². The van der Waals surface area contributed by atoms with E-state index in [2.05, 4.69) is 15.4 Å². The van der Waals surface area contributed by atoms with Gasteiger partial charge in [0.2, 0.25) is 0 Å². The fourth-order valence-corrected chi connectivity index (χ4v) is 5.18. The van der Waals surface area contributed by atoms with Gasteiger partial charge in [0.15, 0.2) is 4.80 Å². The number of rotatable bonds is 4. The number of nitrogens with zero attached hydrogens (tertiary/aromatic N) is 4. The molecule has 34 heavy (non-hydrogen) atoms. The summed E-state index contributed by atoms with van der Waals surface area (Å²) >= 11 is 1.31. The van der Waals surface area contributed by atoms with Crippen LogP contribution in [0.2, 0.25) is 0 Å². The lowest BCUT2D eigenvalue weighted by Crippen LogP contribution is -2.40. The Bertz CT molecular complexity index is 1610. The number of hydrogen-bond acceptors (Lipinski definition) is 5. The van der Waals surface area contributed by atoms with E-state index in [1.165, 1.54) is 11.3 Å². The summed E-state index contributed by atoms with van der Waals surface area (Å²) in [6.07, 6.45) is 5.36. The fraction of sp³-hybridized carbons (Fsp3) is 0.154. The van der Waals surface area contributed by atoms with Gasteiger partial charge in [0.1, 0.15) is 0 Å². The number of para-hydroxylation sites is 1. The smallest absolute Gasteiger partial charge is 0.271 e. The number of nitrogens with one attached hydrogen (secondary N) is 1. The molecule has 0 radical (unpaired) electrons. The van der Waals surface area contributed by atoms with Crippen molar-refractivity contribution in [3.05, 3.63) is 115 Å². The Hall–Kier alpha value is -4.04. The number of benzene rings is 2. The number of thiazole rings is 1. The van der Waals surface area contributed by atoms with Crippen molar-refractivity contribution in [3.8, 4) is 0 Å². The first-order valence-electron chi connectivity index (χ1n) is 10.9. The highest BCUT2D eigenvalue weighted by atomic mass is 32.1. The van der Waals surface area contributed by atoms with Crippen LogP contribution in [0.4, 0.5) is 5.69 Å². The van der Waals surface area contributed by atoms with Crippen molar-refractivity contribution in [2.45, 2.75) is 19.9 Å². The maximum Gasteiger partial charge on any atom is 0.271 e. The summed E-state index contributed by atoms with van der Waals surface area (Å²) in [5.74, 6) is -0.272. The molecule has 0 fully saturated rings. The van der Waals surface area contributed by atoms with Gasteiger partial charge in [-0.05, 0) is 37.1 Å². The largest absolute Gasteiger partial charge is 0.322 e. The molecule has 2 aromatic heterocycles. The highest BCUT2D eigenvalue weighted by molar-refractivity contribution is 7.07. The van der Waals surface area contributed by atoms with Gasteiger partial charge < -0.3 is 5.32 Å². The predicted octanol–water partition coefficient (Wildman–Crippen LogP) is 2.92. The normalized spacial score (nSPS) is 15.7. The van der Waals surface area contributed by atoms with Crippen molar-refractivity contribution >= 4 is 29.0 Å². The average Bonchev–Trinajstić information content (AvgIpc) is 3.37. The second kappa shape index (κ2) is 8.72. The van der Waals surface area contributed by atoms with Crippen molar-refractivity contribution < 1.29 is 4.79 Å². The third kappa shape index (κ3) is 3.92. The number of hydrogen-bond donors (Lipinski definition) is 1. The number of allylic oxidation sites excluding steroid dienone is 1. The van der Waals surface area contributed by atoms with E-state index in [9.17, 15) is 9.59 Å². The summed E-state index contributed by atoms with van der Waals surface area (Å²) in [5, 5.41) is 7.20.